The molecule has 2 atom stereocenters. The second kappa shape index (κ2) is 13.5. The fourth-order valence-corrected chi connectivity index (χ4v) is 9.20. The van der Waals surface area contributed by atoms with E-state index in [0.29, 0.717) is 22.3 Å². The molecule has 2 nitrogen and oxygen atoms in total. The molecule has 1 aliphatic carbocycles. The van der Waals surface area contributed by atoms with E-state index in [-0.39, 0.29) is 0 Å². The van der Waals surface area contributed by atoms with Crippen molar-refractivity contribution in [2.75, 3.05) is 0 Å². The Kier molecular flexibility index (Phi) is 8.11. The van der Waals surface area contributed by atoms with Crippen LogP contribution >= 0.6 is 0 Å². The van der Waals surface area contributed by atoms with E-state index < -0.39 is 11.2 Å². The van der Waals surface area contributed by atoms with E-state index >= 15 is 0 Å². The van der Waals surface area contributed by atoms with Gasteiger partial charge in [-0.05, 0) is 77.5 Å². The maximum absolute atomic E-state index is 14.2. The average molecular weight is 719 g/mol. The van der Waals surface area contributed by atoms with Gasteiger partial charge >= 0.3 is 0 Å². The molecule has 0 aromatic heterocycles. The van der Waals surface area contributed by atoms with Gasteiger partial charge in [-0.2, -0.15) is 0 Å². The highest BCUT2D eigenvalue weighted by molar-refractivity contribution is 6.12. The largest absolute Gasteiger partial charge is 0.376 e. The van der Waals surface area contributed by atoms with Crippen molar-refractivity contribution in [2.45, 2.75) is 11.2 Å². The molecule has 0 radical (unpaired) electrons. The summed E-state index contributed by atoms with van der Waals surface area (Å²) < 4.78 is 0. The molecule has 2 N–H and O–H groups in total. The standard InChI is InChI=1S/C54H38O2/c55-53(39-25-9-3-10-26-39)47-35-19-20-36-48(47)54(56,40-27-11-4-12-28-40)52-50(44-32-16-14-30-42(44)38-23-7-2-8-24-38)46-34-18-17-33-45(46)49(51(52)53)43-31-15-13-29-41(43)37-21-5-1-6-22-37/h1-36,55-56H. The van der Waals surface area contributed by atoms with Gasteiger partial charge in [0.05, 0.1) is 0 Å². The van der Waals surface area contributed by atoms with Crippen LogP contribution in [-0.2, 0) is 11.2 Å². The highest BCUT2D eigenvalue weighted by atomic mass is 16.3. The summed E-state index contributed by atoms with van der Waals surface area (Å²) in [6.45, 7) is 0. The Morgan fingerprint density at radius 2 is 0.554 bits per heavy atom. The summed E-state index contributed by atoms with van der Waals surface area (Å²) in [5.41, 5.74) is 8.58. The lowest BCUT2D eigenvalue weighted by Crippen LogP contribution is -2.45. The SMILES string of the molecule is OC1(c2ccccc2)c2ccccc2C(O)(c2ccccc2)c2c1c(-c1ccccc1-c1ccccc1)c1ccccc1c2-c1ccccc1-c1ccccc1. The van der Waals surface area contributed by atoms with Crippen molar-refractivity contribution in [3.63, 3.8) is 0 Å². The van der Waals surface area contributed by atoms with Gasteiger partial charge in [0.2, 0.25) is 0 Å². The van der Waals surface area contributed by atoms with E-state index in [1.54, 1.807) is 0 Å². The van der Waals surface area contributed by atoms with Gasteiger partial charge in [0.15, 0.2) is 0 Å². The molecular weight excluding hydrogens is 681 g/mol. The van der Waals surface area contributed by atoms with Crippen molar-refractivity contribution in [3.05, 3.63) is 252 Å². The summed E-state index contributed by atoms with van der Waals surface area (Å²) in [7, 11) is 0. The molecule has 0 amide bonds. The predicted molar refractivity (Wildman–Crippen MR) is 229 cm³/mol. The molecule has 0 fully saturated rings. The molecule has 0 heterocycles. The molecule has 9 aromatic rings. The molecule has 0 spiro atoms. The van der Waals surface area contributed by atoms with Crippen LogP contribution in [0.25, 0.3) is 55.3 Å². The van der Waals surface area contributed by atoms with Crippen molar-refractivity contribution in [3.8, 4) is 44.5 Å². The van der Waals surface area contributed by atoms with Crippen LogP contribution in [0.2, 0.25) is 0 Å². The van der Waals surface area contributed by atoms with Crippen molar-refractivity contribution in [2.24, 2.45) is 0 Å². The zero-order chi connectivity index (χ0) is 37.7. The lowest BCUT2D eigenvalue weighted by atomic mass is 9.59. The number of aliphatic hydroxyl groups is 2. The van der Waals surface area contributed by atoms with Crippen LogP contribution in [0.4, 0.5) is 0 Å². The van der Waals surface area contributed by atoms with Crippen LogP contribution in [-0.4, -0.2) is 10.2 Å². The van der Waals surface area contributed by atoms with Crippen LogP contribution < -0.4 is 0 Å². The molecule has 56 heavy (non-hydrogen) atoms. The van der Waals surface area contributed by atoms with Crippen LogP contribution in [0.1, 0.15) is 33.4 Å². The Balaban J connectivity index is 1.50. The molecule has 0 saturated carbocycles. The predicted octanol–water partition coefficient (Wildman–Crippen LogP) is 12.4. The van der Waals surface area contributed by atoms with E-state index in [1.165, 1.54) is 0 Å². The van der Waals surface area contributed by atoms with Crippen LogP contribution in [0, 0.1) is 0 Å². The minimum atomic E-state index is -1.69. The average Bonchev–Trinajstić information content (AvgIpc) is 3.28. The maximum atomic E-state index is 14.2. The van der Waals surface area contributed by atoms with Crippen molar-refractivity contribution in [1.29, 1.82) is 0 Å². The second-order valence-corrected chi connectivity index (χ2v) is 14.6. The third-order valence-electron chi connectivity index (χ3n) is 11.6. The highest BCUT2D eigenvalue weighted by Gasteiger charge is 2.54. The first kappa shape index (κ1) is 33.7. The Hall–Kier alpha value is -6.84. The summed E-state index contributed by atoms with van der Waals surface area (Å²) in [5, 5.41) is 30.4. The van der Waals surface area contributed by atoms with Crippen molar-refractivity contribution in [1.82, 2.24) is 0 Å². The van der Waals surface area contributed by atoms with E-state index in [9.17, 15) is 10.2 Å². The molecule has 266 valence electrons. The fraction of sp³-hybridized carbons (Fsp3) is 0.0370. The van der Waals surface area contributed by atoms with E-state index in [0.717, 1.165) is 66.4 Å². The molecule has 0 bridgehead atoms. The molecule has 10 rings (SSSR count). The molecule has 0 saturated heterocycles. The molecule has 2 unspecified atom stereocenters. The Bertz CT molecular complexity index is 2670. The topological polar surface area (TPSA) is 40.5 Å². The zero-order valence-corrected chi connectivity index (χ0v) is 30.7. The van der Waals surface area contributed by atoms with Crippen molar-refractivity contribution >= 4 is 10.8 Å². The molecular formula is C54H38O2. The van der Waals surface area contributed by atoms with Gasteiger partial charge in [-0.1, -0.05) is 218 Å². The van der Waals surface area contributed by atoms with Gasteiger partial charge in [0, 0.05) is 11.1 Å². The minimum absolute atomic E-state index is 0.640. The Labute approximate surface area is 327 Å². The zero-order valence-electron chi connectivity index (χ0n) is 30.7. The number of rotatable bonds is 6. The number of hydrogen-bond acceptors (Lipinski definition) is 2. The van der Waals surface area contributed by atoms with Gasteiger partial charge in [-0.3, -0.25) is 0 Å². The Morgan fingerprint density at radius 1 is 0.268 bits per heavy atom. The van der Waals surface area contributed by atoms with Crippen LogP contribution in [0.5, 0.6) is 0 Å². The first-order valence-corrected chi connectivity index (χ1v) is 19.1. The third-order valence-corrected chi connectivity index (χ3v) is 11.6. The smallest absolute Gasteiger partial charge is 0.142 e. The van der Waals surface area contributed by atoms with Gasteiger partial charge in [0.1, 0.15) is 11.2 Å². The van der Waals surface area contributed by atoms with Gasteiger partial charge in [-0.25, -0.2) is 0 Å². The second-order valence-electron chi connectivity index (χ2n) is 14.6. The van der Waals surface area contributed by atoms with Crippen molar-refractivity contribution < 1.29 is 10.2 Å². The monoisotopic (exact) mass is 718 g/mol. The highest BCUT2D eigenvalue weighted by Crippen LogP contribution is 2.61. The number of fused-ring (bicyclic) bond motifs is 3. The molecule has 1 aliphatic rings. The summed E-state index contributed by atoms with van der Waals surface area (Å²) in [6, 6.07) is 74.1. The molecule has 0 aliphatic heterocycles. The summed E-state index contributed by atoms with van der Waals surface area (Å²) in [4.78, 5) is 0. The van der Waals surface area contributed by atoms with Gasteiger partial charge in [-0.15, -0.1) is 0 Å². The lowest BCUT2D eigenvalue weighted by Gasteiger charge is -2.48. The third kappa shape index (κ3) is 5.04. The van der Waals surface area contributed by atoms with E-state index in [2.05, 4.69) is 121 Å². The number of benzene rings is 9. The normalized spacial score (nSPS) is 17.2. The Morgan fingerprint density at radius 3 is 0.929 bits per heavy atom. The number of hydrogen-bond donors (Lipinski definition) is 2. The molecule has 2 heteroatoms. The first-order chi connectivity index (χ1) is 27.6. The molecule has 9 aromatic carbocycles. The summed E-state index contributed by atoms with van der Waals surface area (Å²) >= 11 is 0. The van der Waals surface area contributed by atoms with Gasteiger partial charge < -0.3 is 10.2 Å². The summed E-state index contributed by atoms with van der Waals surface area (Å²) in [6.07, 6.45) is 0. The lowest BCUT2D eigenvalue weighted by molar-refractivity contribution is 0.0759. The van der Waals surface area contributed by atoms with Gasteiger partial charge in [0.25, 0.3) is 0 Å². The first-order valence-electron chi connectivity index (χ1n) is 19.1. The van der Waals surface area contributed by atoms with E-state index in [4.69, 9.17) is 0 Å². The van der Waals surface area contributed by atoms with Crippen LogP contribution in [0.15, 0.2) is 218 Å². The maximum Gasteiger partial charge on any atom is 0.142 e. The quantitative estimate of drug-likeness (QED) is 0.180. The minimum Gasteiger partial charge on any atom is -0.376 e. The fourth-order valence-electron chi connectivity index (χ4n) is 9.20. The van der Waals surface area contributed by atoms with Crippen LogP contribution in [0.3, 0.4) is 0 Å². The van der Waals surface area contributed by atoms with E-state index in [1.807, 2.05) is 97.1 Å². The summed E-state index contributed by atoms with van der Waals surface area (Å²) in [5.74, 6) is 0.